The molecule has 0 aliphatic carbocycles. The van der Waals surface area contributed by atoms with E-state index in [-0.39, 0.29) is 5.75 Å². The van der Waals surface area contributed by atoms with Crippen molar-refractivity contribution in [2.45, 2.75) is 6.36 Å². The molecule has 0 bridgehead atoms. The van der Waals surface area contributed by atoms with Gasteiger partial charge in [0.25, 0.3) is 0 Å². The number of anilines is 1. The van der Waals surface area contributed by atoms with Gasteiger partial charge in [0.1, 0.15) is 0 Å². The number of alkyl halides is 3. The molecule has 0 aromatic heterocycles. The first-order valence-electron chi connectivity index (χ1n) is 4.02. The van der Waals surface area contributed by atoms with Gasteiger partial charge in [-0.25, -0.2) is 0 Å². The van der Waals surface area contributed by atoms with Crippen molar-refractivity contribution in [1.82, 2.24) is 0 Å². The van der Waals surface area contributed by atoms with E-state index in [9.17, 15) is 13.2 Å². The van der Waals surface area contributed by atoms with Crippen LogP contribution in [-0.2, 0) is 0 Å². The zero-order valence-corrected chi connectivity index (χ0v) is 10.3. The third kappa shape index (κ3) is 3.77. The normalized spacial score (nSPS) is 11.3. The number of rotatable bonds is 2. The van der Waals surface area contributed by atoms with Gasteiger partial charge >= 0.3 is 6.36 Å². The van der Waals surface area contributed by atoms with Crippen LogP contribution in [0.5, 0.6) is 5.75 Å². The van der Waals surface area contributed by atoms with E-state index < -0.39 is 6.36 Å². The van der Waals surface area contributed by atoms with Crippen LogP contribution in [0.4, 0.5) is 18.9 Å². The fourth-order valence-corrected chi connectivity index (χ4v) is 1.53. The summed E-state index contributed by atoms with van der Waals surface area (Å²) < 4.78 is 40.8. The molecule has 6 heteroatoms. The van der Waals surface area contributed by atoms with Gasteiger partial charge in [0, 0.05) is 17.7 Å². The standard InChI is InChI=1S/C9H9F3INO/c1-14(2)7-4-3-6(13)5-8(7)15-9(10,11)12/h3-5H,1-2H3. The van der Waals surface area contributed by atoms with E-state index in [2.05, 4.69) is 4.74 Å². The molecular formula is C9H9F3INO. The number of hydrogen-bond acceptors (Lipinski definition) is 2. The van der Waals surface area contributed by atoms with Crippen LogP contribution in [0.1, 0.15) is 0 Å². The Kier molecular flexibility index (Phi) is 3.69. The number of ether oxygens (including phenoxy) is 1. The minimum Gasteiger partial charge on any atom is -0.404 e. The molecule has 1 rings (SSSR count). The first-order chi connectivity index (χ1) is 6.79. The average Bonchev–Trinajstić information content (AvgIpc) is 1.99. The molecule has 84 valence electrons. The highest BCUT2D eigenvalue weighted by Crippen LogP contribution is 2.33. The molecule has 0 amide bonds. The monoisotopic (exact) mass is 331 g/mol. The summed E-state index contributed by atoms with van der Waals surface area (Å²) in [5.41, 5.74) is 0.396. The van der Waals surface area contributed by atoms with Gasteiger partial charge in [0.2, 0.25) is 0 Å². The molecule has 0 N–H and O–H groups in total. The lowest BCUT2D eigenvalue weighted by Crippen LogP contribution is -2.20. The molecule has 0 aliphatic heterocycles. The highest BCUT2D eigenvalue weighted by molar-refractivity contribution is 14.1. The summed E-state index contributed by atoms with van der Waals surface area (Å²) in [6.45, 7) is 0. The fraction of sp³-hybridized carbons (Fsp3) is 0.333. The van der Waals surface area contributed by atoms with Crippen molar-refractivity contribution >= 4 is 28.3 Å². The van der Waals surface area contributed by atoms with Crippen LogP contribution < -0.4 is 9.64 Å². The molecule has 1 aromatic carbocycles. The Bertz CT molecular complexity index is 352. The molecule has 0 atom stereocenters. The quantitative estimate of drug-likeness (QED) is 0.772. The lowest BCUT2D eigenvalue weighted by Gasteiger charge is -2.18. The van der Waals surface area contributed by atoms with Gasteiger partial charge in [-0.05, 0) is 40.8 Å². The zero-order valence-electron chi connectivity index (χ0n) is 8.10. The molecule has 15 heavy (non-hydrogen) atoms. The topological polar surface area (TPSA) is 12.5 Å². The number of hydrogen-bond donors (Lipinski definition) is 0. The van der Waals surface area contributed by atoms with Crippen molar-refractivity contribution in [1.29, 1.82) is 0 Å². The largest absolute Gasteiger partial charge is 0.573 e. The van der Waals surface area contributed by atoms with Gasteiger partial charge in [0.05, 0.1) is 5.69 Å². The molecule has 0 unspecified atom stereocenters. The third-order valence-corrected chi connectivity index (χ3v) is 2.30. The van der Waals surface area contributed by atoms with E-state index in [1.165, 1.54) is 6.07 Å². The summed E-state index contributed by atoms with van der Waals surface area (Å²) >= 11 is 1.93. The van der Waals surface area contributed by atoms with Crippen LogP contribution in [0.3, 0.4) is 0 Å². The summed E-state index contributed by atoms with van der Waals surface area (Å²) in [4.78, 5) is 1.57. The molecule has 2 nitrogen and oxygen atoms in total. The highest BCUT2D eigenvalue weighted by Gasteiger charge is 2.32. The SMILES string of the molecule is CN(C)c1ccc(I)cc1OC(F)(F)F. The lowest BCUT2D eigenvalue weighted by molar-refractivity contribution is -0.274. The number of halogens is 4. The van der Waals surface area contributed by atoms with Crippen molar-refractivity contribution in [2.24, 2.45) is 0 Å². The highest BCUT2D eigenvalue weighted by atomic mass is 127. The van der Waals surface area contributed by atoms with Crippen molar-refractivity contribution in [3.05, 3.63) is 21.8 Å². The second kappa shape index (κ2) is 4.46. The Morgan fingerprint density at radius 2 is 1.87 bits per heavy atom. The van der Waals surface area contributed by atoms with Gasteiger partial charge in [0.15, 0.2) is 5.75 Å². The van der Waals surface area contributed by atoms with Crippen molar-refractivity contribution in [3.63, 3.8) is 0 Å². The molecule has 0 aliphatic rings. The molecule has 0 saturated heterocycles. The lowest BCUT2D eigenvalue weighted by atomic mass is 10.3. The molecular weight excluding hydrogens is 322 g/mol. The van der Waals surface area contributed by atoms with Crippen LogP contribution in [0.2, 0.25) is 0 Å². The van der Waals surface area contributed by atoms with Gasteiger partial charge in [-0.3, -0.25) is 0 Å². The van der Waals surface area contributed by atoms with Crippen LogP contribution in [0.25, 0.3) is 0 Å². The van der Waals surface area contributed by atoms with Crippen LogP contribution in [0, 0.1) is 3.57 Å². The molecule has 0 heterocycles. The molecule has 0 radical (unpaired) electrons. The first-order valence-corrected chi connectivity index (χ1v) is 5.10. The smallest absolute Gasteiger partial charge is 0.404 e. The third-order valence-electron chi connectivity index (χ3n) is 1.63. The van der Waals surface area contributed by atoms with E-state index in [1.807, 2.05) is 22.6 Å². The van der Waals surface area contributed by atoms with Crippen molar-refractivity contribution < 1.29 is 17.9 Å². The van der Waals surface area contributed by atoms with E-state index in [0.717, 1.165) is 0 Å². The minimum atomic E-state index is -4.66. The van der Waals surface area contributed by atoms with E-state index in [4.69, 9.17) is 0 Å². The van der Waals surface area contributed by atoms with Gasteiger partial charge in [-0.15, -0.1) is 13.2 Å². The second-order valence-electron chi connectivity index (χ2n) is 3.05. The minimum absolute atomic E-state index is 0.181. The van der Waals surface area contributed by atoms with E-state index in [1.54, 1.807) is 31.1 Å². The molecule has 0 saturated carbocycles. The summed E-state index contributed by atoms with van der Waals surface area (Å²) in [7, 11) is 3.32. The van der Waals surface area contributed by atoms with E-state index >= 15 is 0 Å². The fourth-order valence-electron chi connectivity index (χ4n) is 1.06. The van der Waals surface area contributed by atoms with Gasteiger partial charge < -0.3 is 9.64 Å². The zero-order chi connectivity index (χ0) is 11.6. The Morgan fingerprint density at radius 3 is 2.33 bits per heavy atom. The maximum atomic E-state index is 12.1. The summed E-state index contributed by atoms with van der Waals surface area (Å²) in [5, 5.41) is 0. The van der Waals surface area contributed by atoms with Gasteiger partial charge in [-0.1, -0.05) is 0 Å². The maximum Gasteiger partial charge on any atom is 0.573 e. The van der Waals surface area contributed by atoms with Crippen LogP contribution in [-0.4, -0.2) is 20.5 Å². The number of nitrogens with zero attached hydrogens (tertiary/aromatic N) is 1. The molecule has 1 aromatic rings. The Balaban J connectivity index is 3.08. The summed E-state index contributed by atoms with van der Waals surface area (Å²) in [6, 6.07) is 4.66. The molecule has 0 spiro atoms. The Labute approximate surface area is 99.2 Å². The Morgan fingerprint density at radius 1 is 1.27 bits per heavy atom. The maximum absolute atomic E-state index is 12.1. The first kappa shape index (κ1) is 12.4. The Hall–Kier alpha value is -0.660. The van der Waals surface area contributed by atoms with Crippen LogP contribution >= 0.6 is 22.6 Å². The van der Waals surface area contributed by atoms with Crippen LogP contribution in [0.15, 0.2) is 18.2 Å². The summed E-state index contributed by atoms with van der Waals surface area (Å²) in [5.74, 6) is -0.181. The number of benzene rings is 1. The predicted octanol–water partition coefficient (Wildman–Crippen LogP) is 3.26. The summed E-state index contributed by atoms with van der Waals surface area (Å²) in [6.07, 6.45) is -4.66. The van der Waals surface area contributed by atoms with Gasteiger partial charge in [-0.2, -0.15) is 0 Å². The predicted molar refractivity (Wildman–Crippen MR) is 60.2 cm³/mol. The van der Waals surface area contributed by atoms with Crippen molar-refractivity contribution in [3.8, 4) is 5.75 Å². The average molecular weight is 331 g/mol. The molecule has 0 fully saturated rings. The second-order valence-corrected chi connectivity index (χ2v) is 4.30. The van der Waals surface area contributed by atoms with E-state index in [0.29, 0.717) is 9.26 Å². The van der Waals surface area contributed by atoms with Crippen molar-refractivity contribution in [2.75, 3.05) is 19.0 Å².